The Morgan fingerprint density at radius 1 is 1.10 bits per heavy atom. The molecular weight excluding hydrogens is 370 g/mol. The van der Waals surface area contributed by atoms with Crippen molar-refractivity contribution < 1.29 is 19.5 Å². The smallest absolute Gasteiger partial charge is 0.304 e. The quantitative estimate of drug-likeness (QED) is 0.410. The maximum absolute atomic E-state index is 12.8. The van der Waals surface area contributed by atoms with E-state index in [2.05, 4.69) is 22.5 Å². The Morgan fingerprint density at radius 2 is 1.86 bits per heavy atom. The number of carboxylic acid groups (broad SMARTS) is 1. The number of hydrogen-bond acceptors (Lipinski definition) is 3. The van der Waals surface area contributed by atoms with Crippen LogP contribution in [-0.4, -0.2) is 41.0 Å². The van der Waals surface area contributed by atoms with E-state index in [1.54, 1.807) is 0 Å². The van der Waals surface area contributed by atoms with Crippen molar-refractivity contribution in [3.05, 3.63) is 36.0 Å². The zero-order valence-corrected chi connectivity index (χ0v) is 17.2. The Kier molecular flexibility index (Phi) is 8.70. The van der Waals surface area contributed by atoms with Crippen molar-refractivity contribution in [2.75, 3.05) is 7.05 Å². The van der Waals surface area contributed by atoms with E-state index in [1.165, 1.54) is 7.05 Å². The van der Waals surface area contributed by atoms with Gasteiger partial charge in [-0.2, -0.15) is 0 Å². The number of unbranched alkanes of at least 4 members (excludes halogenated alkanes) is 3. The van der Waals surface area contributed by atoms with E-state index in [0.717, 1.165) is 42.1 Å². The third-order valence-electron chi connectivity index (χ3n) is 5.18. The fraction of sp³-hybridized carbons (Fsp3) is 0.500. The summed E-state index contributed by atoms with van der Waals surface area (Å²) in [7, 11) is 1.52. The second-order valence-corrected chi connectivity index (χ2v) is 7.38. The molecule has 7 nitrogen and oxygen atoms in total. The molecule has 0 saturated heterocycles. The topological polar surface area (TPSA) is 111 Å². The summed E-state index contributed by atoms with van der Waals surface area (Å²) in [6.45, 7) is 2.10. The minimum Gasteiger partial charge on any atom is -0.481 e. The van der Waals surface area contributed by atoms with Crippen molar-refractivity contribution in [3.8, 4) is 0 Å². The molecular formula is C22H31N3O4. The number of hydrogen-bond donors (Lipinski definition) is 4. The summed E-state index contributed by atoms with van der Waals surface area (Å²) >= 11 is 0. The number of rotatable bonds is 12. The fourth-order valence-corrected chi connectivity index (χ4v) is 3.55. The SMILES string of the molecule is CCCCCC[C@H](CC(=O)O)C(=O)N[C@@H](Cc1c[nH]c2ccccc12)C(=O)NC. The lowest BCUT2D eigenvalue weighted by molar-refractivity contribution is -0.141. The molecule has 2 rings (SSSR count). The van der Waals surface area contributed by atoms with E-state index in [0.29, 0.717) is 12.8 Å². The van der Waals surface area contributed by atoms with Crippen molar-refractivity contribution in [3.63, 3.8) is 0 Å². The van der Waals surface area contributed by atoms with Crippen LogP contribution in [0.1, 0.15) is 51.0 Å². The Bertz CT molecular complexity index is 830. The maximum Gasteiger partial charge on any atom is 0.304 e. The first-order chi connectivity index (χ1) is 14.0. The molecule has 2 aromatic rings. The fourth-order valence-electron chi connectivity index (χ4n) is 3.55. The number of nitrogens with one attached hydrogen (secondary N) is 3. The highest BCUT2D eigenvalue weighted by Crippen LogP contribution is 2.20. The number of aromatic nitrogens is 1. The summed E-state index contributed by atoms with van der Waals surface area (Å²) in [6, 6.07) is 7.00. The van der Waals surface area contributed by atoms with Gasteiger partial charge in [-0.1, -0.05) is 50.8 Å². The minimum atomic E-state index is -1.01. The molecule has 1 heterocycles. The first-order valence-electron chi connectivity index (χ1n) is 10.2. The van der Waals surface area contributed by atoms with Crippen LogP contribution in [0.3, 0.4) is 0 Å². The second-order valence-electron chi connectivity index (χ2n) is 7.38. The van der Waals surface area contributed by atoms with Gasteiger partial charge >= 0.3 is 5.97 Å². The number of fused-ring (bicyclic) bond motifs is 1. The van der Waals surface area contributed by atoms with Crippen LogP contribution in [0.2, 0.25) is 0 Å². The van der Waals surface area contributed by atoms with E-state index in [-0.39, 0.29) is 18.2 Å². The third-order valence-corrected chi connectivity index (χ3v) is 5.18. The van der Waals surface area contributed by atoms with Crippen LogP contribution in [-0.2, 0) is 20.8 Å². The van der Waals surface area contributed by atoms with E-state index in [9.17, 15) is 19.5 Å². The number of amides is 2. The average Bonchev–Trinajstić information content (AvgIpc) is 3.11. The van der Waals surface area contributed by atoms with Gasteiger partial charge in [0.25, 0.3) is 0 Å². The van der Waals surface area contributed by atoms with E-state index < -0.39 is 17.9 Å². The van der Waals surface area contributed by atoms with Crippen molar-refractivity contribution in [1.29, 1.82) is 0 Å². The monoisotopic (exact) mass is 401 g/mol. The van der Waals surface area contributed by atoms with Crippen LogP contribution in [0.4, 0.5) is 0 Å². The van der Waals surface area contributed by atoms with Gasteiger partial charge in [0.05, 0.1) is 6.42 Å². The van der Waals surface area contributed by atoms with E-state index >= 15 is 0 Å². The predicted molar refractivity (Wildman–Crippen MR) is 113 cm³/mol. The lowest BCUT2D eigenvalue weighted by Gasteiger charge is -2.21. The standard InChI is InChI=1S/C22H31N3O4/c1-3-4-5-6-9-15(13-20(26)27)21(28)25-19(22(29)23-2)12-16-14-24-18-11-8-7-10-17(16)18/h7-8,10-11,14-15,19,24H,3-6,9,12-13H2,1-2H3,(H,23,29)(H,25,28)(H,26,27)/t15-,19+/m1/s1. The lowest BCUT2D eigenvalue weighted by atomic mass is 9.95. The number of aliphatic carboxylic acids is 1. The summed E-state index contributed by atoms with van der Waals surface area (Å²) in [4.78, 5) is 39.6. The molecule has 1 aromatic carbocycles. The normalized spacial score (nSPS) is 13.0. The number of para-hydroxylation sites is 1. The van der Waals surface area contributed by atoms with Gasteiger partial charge in [0.1, 0.15) is 6.04 Å². The molecule has 0 radical (unpaired) electrons. The summed E-state index contributed by atoms with van der Waals surface area (Å²) in [5.41, 5.74) is 1.89. The molecule has 0 bridgehead atoms. The zero-order valence-electron chi connectivity index (χ0n) is 17.2. The number of carbonyl (C=O) groups excluding carboxylic acids is 2. The molecule has 4 N–H and O–H groups in total. The molecule has 0 unspecified atom stereocenters. The molecule has 0 spiro atoms. The highest BCUT2D eigenvalue weighted by molar-refractivity contribution is 5.91. The van der Waals surface area contributed by atoms with Gasteiger partial charge in [-0.05, 0) is 18.1 Å². The molecule has 2 amide bonds. The van der Waals surface area contributed by atoms with Crippen LogP contribution in [0.15, 0.2) is 30.5 Å². The highest BCUT2D eigenvalue weighted by Gasteiger charge is 2.27. The van der Waals surface area contributed by atoms with Crippen molar-refractivity contribution in [1.82, 2.24) is 15.6 Å². The summed E-state index contributed by atoms with van der Waals surface area (Å²) in [5.74, 6) is -2.32. The Hall–Kier alpha value is -2.83. The van der Waals surface area contributed by atoms with Gasteiger partial charge in [-0.25, -0.2) is 0 Å². The summed E-state index contributed by atoms with van der Waals surface area (Å²) in [6.07, 6.45) is 6.33. The van der Waals surface area contributed by atoms with Gasteiger partial charge in [-0.15, -0.1) is 0 Å². The maximum atomic E-state index is 12.8. The van der Waals surface area contributed by atoms with Gasteiger partial charge in [-0.3, -0.25) is 14.4 Å². The van der Waals surface area contributed by atoms with Crippen LogP contribution < -0.4 is 10.6 Å². The molecule has 0 aliphatic heterocycles. The third kappa shape index (κ3) is 6.62. The highest BCUT2D eigenvalue weighted by atomic mass is 16.4. The number of benzene rings is 1. The van der Waals surface area contributed by atoms with Crippen LogP contribution >= 0.6 is 0 Å². The van der Waals surface area contributed by atoms with Crippen molar-refractivity contribution >= 4 is 28.7 Å². The molecule has 0 saturated carbocycles. The first-order valence-corrected chi connectivity index (χ1v) is 10.2. The molecule has 7 heteroatoms. The molecule has 1 aromatic heterocycles. The van der Waals surface area contributed by atoms with E-state index in [4.69, 9.17) is 0 Å². The van der Waals surface area contributed by atoms with Crippen LogP contribution in [0, 0.1) is 5.92 Å². The molecule has 158 valence electrons. The number of carbonyl (C=O) groups is 3. The summed E-state index contributed by atoms with van der Waals surface area (Å²) < 4.78 is 0. The molecule has 29 heavy (non-hydrogen) atoms. The van der Waals surface area contributed by atoms with Crippen LogP contribution in [0.25, 0.3) is 10.9 Å². The number of aromatic amines is 1. The Morgan fingerprint density at radius 3 is 2.55 bits per heavy atom. The lowest BCUT2D eigenvalue weighted by Crippen LogP contribution is -2.49. The summed E-state index contributed by atoms with van der Waals surface area (Å²) in [5, 5.41) is 15.6. The predicted octanol–water partition coefficient (Wildman–Crippen LogP) is 3.00. The largest absolute Gasteiger partial charge is 0.481 e. The Balaban J connectivity index is 2.10. The number of likely N-dealkylation sites (N-methyl/N-ethyl adjacent to an activating group) is 1. The minimum absolute atomic E-state index is 0.231. The van der Waals surface area contributed by atoms with E-state index in [1.807, 2.05) is 30.5 Å². The first kappa shape index (κ1) is 22.5. The Labute approximate surface area is 171 Å². The molecule has 0 fully saturated rings. The average molecular weight is 402 g/mol. The zero-order chi connectivity index (χ0) is 21.2. The van der Waals surface area contributed by atoms with Gasteiger partial charge in [0.2, 0.25) is 11.8 Å². The molecule has 0 aliphatic rings. The van der Waals surface area contributed by atoms with Gasteiger partial charge in [0.15, 0.2) is 0 Å². The molecule has 0 aliphatic carbocycles. The van der Waals surface area contributed by atoms with Crippen molar-refractivity contribution in [2.24, 2.45) is 5.92 Å². The molecule has 2 atom stereocenters. The van der Waals surface area contributed by atoms with Crippen molar-refractivity contribution in [2.45, 2.75) is 57.9 Å². The number of carboxylic acids is 1. The van der Waals surface area contributed by atoms with Gasteiger partial charge < -0.3 is 20.7 Å². The van der Waals surface area contributed by atoms with Gasteiger partial charge in [0, 0.05) is 36.5 Å². The number of H-pyrrole nitrogens is 1. The second kappa shape index (κ2) is 11.2. The van der Waals surface area contributed by atoms with Crippen LogP contribution in [0.5, 0.6) is 0 Å².